The molecular formula is C27H30F2N6O4. The number of benzene rings is 2. The summed E-state index contributed by atoms with van der Waals surface area (Å²) < 4.78 is 39.7. The molecule has 2 aromatic carbocycles. The summed E-state index contributed by atoms with van der Waals surface area (Å²) in [4.78, 5) is 31.4. The van der Waals surface area contributed by atoms with E-state index in [1.807, 2.05) is 0 Å². The minimum absolute atomic E-state index is 0.00450. The van der Waals surface area contributed by atoms with Gasteiger partial charge in [-0.2, -0.15) is 4.98 Å². The maximum Gasteiger partial charge on any atom is 0.323 e. The highest BCUT2D eigenvalue weighted by Gasteiger charge is 2.20. The standard InChI is InChI=1S/C27H30F2N6O4/c1-5-23(36)32-17-7-6-8-18(11-17)33-25-21(29)13-31-27(35-25)34-19-9-10-22(20(28)12-19)39-16(4)14-38-26(37)24(30)15(2)3/h5-13,15-16,24H,1,14,30H2,2-4H3,(H,32,36)(H2,31,33,34,35)/t16-,24?/m1/s1. The summed E-state index contributed by atoms with van der Waals surface area (Å²) >= 11 is 0. The fraction of sp³-hybridized carbons (Fsp3) is 0.259. The summed E-state index contributed by atoms with van der Waals surface area (Å²) in [5.74, 6) is -2.61. The Hall–Kier alpha value is -4.58. The first-order valence-electron chi connectivity index (χ1n) is 12.0. The molecule has 0 spiro atoms. The lowest BCUT2D eigenvalue weighted by Gasteiger charge is -2.18. The Kier molecular flexibility index (Phi) is 9.87. The maximum absolute atomic E-state index is 14.7. The molecule has 0 saturated carbocycles. The lowest BCUT2D eigenvalue weighted by atomic mass is 10.1. The van der Waals surface area contributed by atoms with Crippen molar-refractivity contribution in [1.82, 2.24) is 9.97 Å². The number of halogens is 2. The fourth-order valence-corrected chi connectivity index (χ4v) is 3.14. The molecular weight excluding hydrogens is 510 g/mol. The average molecular weight is 541 g/mol. The van der Waals surface area contributed by atoms with Crippen LogP contribution in [0.5, 0.6) is 5.75 Å². The van der Waals surface area contributed by atoms with E-state index >= 15 is 0 Å². The monoisotopic (exact) mass is 540 g/mol. The number of amides is 1. The number of nitrogens with one attached hydrogen (secondary N) is 3. The van der Waals surface area contributed by atoms with Crippen LogP contribution in [0.4, 0.5) is 37.6 Å². The number of nitrogens with two attached hydrogens (primary N) is 1. The smallest absolute Gasteiger partial charge is 0.323 e. The first-order valence-corrected chi connectivity index (χ1v) is 12.0. The number of esters is 1. The van der Waals surface area contributed by atoms with Crippen LogP contribution in [0.3, 0.4) is 0 Å². The molecule has 0 aliphatic carbocycles. The van der Waals surface area contributed by atoms with Crippen molar-refractivity contribution in [2.24, 2.45) is 11.7 Å². The van der Waals surface area contributed by atoms with Crippen molar-refractivity contribution in [3.05, 3.63) is 73.0 Å². The highest BCUT2D eigenvalue weighted by molar-refractivity contribution is 5.99. The zero-order chi connectivity index (χ0) is 28.5. The van der Waals surface area contributed by atoms with Gasteiger partial charge < -0.3 is 31.2 Å². The van der Waals surface area contributed by atoms with Gasteiger partial charge in [0.15, 0.2) is 23.2 Å². The molecule has 3 aromatic rings. The summed E-state index contributed by atoms with van der Waals surface area (Å²) in [5.41, 5.74) is 6.97. The fourth-order valence-electron chi connectivity index (χ4n) is 3.14. The molecule has 0 radical (unpaired) electrons. The Morgan fingerprint density at radius 1 is 1.05 bits per heavy atom. The van der Waals surface area contributed by atoms with Crippen molar-refractivity contribution >= 4 is 40.7 Å². The van der Waals surface area contributed by atoms with Gasteiger partial charge in [-0.15, -0.1) is 0 Å². The maximum atomic E-state index is 14.7. The van der Waals surface area contributed by atoms with E-state index in [0.717, 1.165) is 18.3 Å². The second kappa shape index (κ2) is 13.3. The van der Waals surface area contributed by atoms with Gasteiger partial charge in [-0.1, -0.05) is 26.5 Å². The highest BCUT2D eigenvalue weighted by atomic mass is 19.1. The first-order chi connectivity index (χ1) is 18.5. The number of carbonyl (C=O) groups is 2. The molecule has 0 bridgehead atoms. The van der Waals surface area contributed by atoms with Gasteiger partial charge in [-0.05, 0) is 49.2 Å². The molecule has 0 aliphatic rings. The highest BCUT2D eigenvalue weighted by Crippen LogP contribution is 2.26. The molecule has 5 N–H and O–H groups in total. The van der Waals surface area contributed by atoms with Crippen molar-refractivity contribution in [2.45, 2.75) is 32.9 Å². The third-order valence-corrected chi connectivity index (χ3v) is 5.29. The molecule has 0 aliphatic heterocycles. The van der Waals surface area contributed by atoms with Crippen molar-refractivity contribution in [2.75, 3.05) is 22.6 Å². The molecule has 1 amide bonds. The number of hydrogen-bond donors (Lipinski definition) is 4. The van der Waals surface area contributed by atoms with Gasteiger partial charge >= 0.3 is 5.97 Å². The average Bonchev–Trinajstić information content (AvgIpc) is 2.90. The van der Waals surface area contributed by atoms with Crippen LogP contribution in [0.1, 0.15) is 20.8 Å². The molecule has 10 nitrogen and oxygen atoms in total. The van der Waals surface area contributed by atoms with E-state index in [0.29, 0.717) is 11.4 Å². The lowest BCUT2D eigenvalue weighted by Crippen LogP contribution is -2.38. The molecule has 12 heteroatoms. The van der Waals surface area contributed by atoms with Crippen LogP contribution >= 0.6 is 0 Å². The van der Waals surface area contributed by atoms with Gasteiger partial charge in [0.1, 0.15) is 18.8 Å². The van der Waals surface area contributed by atoms with E-state index in [2.05, 4.69) is 32.5 Å². The second-order valence-corrected chi connectivity index (χ2v) is 8.89. The topological polar surface area (TPSA) is 140 Å². The third kappa shape index (κ3) is 8.47. The van der Waals surface area contributed by atoms with Crippen LogP contribution in [0, 0.1) is 17.6 Å². The molecule has 0 saturated heterocycles. The van der Waals surface area contributed by atoms with E-state index in [1.54, 1.807) is 45.0 Å². The second-order valence-electron chi connectivity index (χ2n) is 8.89. The van der Waals surface area contributed by atoms with Crippen molar-refractivity contribution in [3.63, 3.8) is 0 Å². The quantitative estimate of drug-likeness (QED) is 0.191. The summed E-state index contributed by atoms with van der Waals surface area (Å²) in [7, 11) is 0. The van der Waals surface area contributed by atoms with Crippen LogP contribution in [0.25, 0.3) is 0 Å². The molecule has 3 rings (SSSR count). The largest absolute Gasteiger partial charge is 0.484 e. The minimum Gasteiger partial charge on any atom is -0.484 e. The normalized spacial score (nSPS) is 12.3. The number of anilines is 5. The number of carbonyl (C=O) groups excluding carboxylic acids is 2. The SMILES string of the molecule is C=CC(=O)Nc1cccc(Nc2nc(Nc3ccc(O[C@H](C)COC(=O)C(N)C(C)C)c(F)c3)ncc2F)c1. The predicted molar refractivity (Wildman–Crippen MR) is 144 cm³/mol. The van der Waals surface area contributed by atoms with E-state index in [1.165, 1.54) is 12.1 Å². The van der Waals surface area contributed by atoms with Gasteiger partial charge in [-0.25, -0.2) is 13.8 Å². The van der Waals surface area contributed by atoms with E-state index in [4.69, 9.17) is 15.2 Å². The van der Waals surface area contributed by atoms with Gasteiger partial charge in [0, 0.05) is 23.1 Å². The first kappa shape index (κ1) is 29.0. The Morgan fingerprint density at radius 3 is 2.46 bits per heavy atom. The van der Waals surface area contributed by atoms with Crippen LogP contribution in [0.2, 0.25) is 0 Å². The van der Waals surface area contributed by atoms with Crippen LogP contribution in [-0.4, -0.2) is 40.6 Å². The van der Waals surface area contributed by atoms with Gasteiger partial charge in [0.05, 0.1) is 6.20 Å². The zero-order valence-electron chi connectivity index (χ0n) is 21.7. The number of nitrogens with zero attached hydrogens (tertiary/aromatic N) is 2. The lowest BCUT2D eigenvalue weighted by molar-refractivity contribution is -0.148. The molecule has 2 atom stereocenters. The van der Waals surface area contributed by atoms with E-state index in [9.17, 15) is 18.4 Å². The summed E-state index contributed by atoms with van der Waals surface area (Å²) in [6, 6.07) is 9.90. The molecule has 39 heavy (non-hydrogen) atoms. The van der Waals surface area contributed by atoms with Gasteiger partial charge in [0.2, 0.25) is 11.9 Å². The Bertz CT molecular complexity index is 1340. The number of ether oxygens (including phenoxy) is 2. The van der Waals surface area contributed by atoms with Crippen LogP contribution in [-0.2, 0) is 14.3 Å². The number of hydrogen-bond acceptors (Lipinski definition) is 9. The molecule has 1 aromatic heterocycles. The van der Waals surface area contributed by atoms with Gasteiger partial charge in [-0.3, -0.25) is 9.59 Å². The number of aromatic nitrogens is 2. The minimum atomic E-state index is -0.751. The van der Waals surface area contributed by atoms with E-state index < -0.39 is 29.7 Å². The van der Waals surface area contributed by atoms with Crippen molar-refractivity contribution in [1.29, 1.82) is 0 Å². The Balaban J connectivity index is 1.63. The summed E-state index contributed by atoms with van der Waals surface area (Å²) in [6.45, 7) is 8.54. The Labute approximate surface area is 224 Å². The Morgan fingerprint density at radius 2 is 1.77 bits per heavy atom. The molecule has 206 valence electrons. The predicted octanol–water partition coefficient (Wildman–Crippen LogP) is 4.66. The summed E-state index contributed by atoms with van der Waals surface area (Å²) in [5, 5.41) is 8.24. The molecule has 1 unspecified atom stereocenters. The summed E-state index contributed by atoms with van der Waals surface area (Å²) in [6.07, 6.45) is 1.47. The number of rotatable bonds is 12. The van der Waals surface area contributed by atoms with Gasteiger partial charge in [0.25, 0.3) is 0 Å². The van der Waals surface area contributed by atoms with E-state index in [-0.39, 0.29) is 41.6 Å². The molecule has 1 heterocycles. The zero-order valence-corrected chi connectivity index (χ0v) is 21.7. The van der Waals surface area contributed by atoms with Crippen molar-refractivity contribution in [3.8, 4) is 5.75 Å². The van der Waals surface area contributed by atoms with Crippen LogP contribution < -0.4 is 26.4 Å². The van der Waals surface area contributed by atoms with Crippen molar-refractivity contribution < 1.29 is 27.8 Å². The third-order valence-electron chi connectivity index (χ3n) is 5.29. The molecule has 0 fully saturated rings. The van der Waals surface area contributed by atoms with Crippen LogP contribution in [0.15, 0.2) is 61.3 Å².